The molecular formula is C17H30N2. The summed E-state index contributed by atoms with van der Waals surface area (Å²) in [6.45, 7) is 11.1. The average Bonchev–Trinajstić information content (AvgIpc) is 2.48. The van der Waals surface area contributed by atoms with Crippen molar-refractivity contribution in [3.8, 4) is 0 Å². The van der Waals surface area contributed by atoms with E-state index in [1.54, 1.807) is 0 Å². The van der Waals surface area contributed by atoms with E-state index >= 15 is 0 Å². The monoisotopic (exact) mass is 262 g/mol. The van der Waals surface area contributed by atoms with Gasteiger partial charge in [0, 0.05) is 24.8 Å². The Kier molecular flexibility index (Phi) is 6.93. The van der Waals surface area contributed by atoms with E-state index in [-0.39, 0.29) is 6.04 Å². The minimum Gasteiger partial charge on any atom is -0.372 e. The SMILES string of the molecule is CCC(CC)CN(CC)c1ccc([C@H](N)CC)cc1. The standard InChI is InChI=1S/C17H30N2/c1-5-14(6-2)13-19(8-4)16-11-9-15(10-12-16)17(18)7-3/h9-12,14,17H,5-8,13,18H2,1-4H3/t17-/m1/s1. The molecule has 0 saturated carbocycles. The van der Waals surface area contributed by atoms with Crippen LogP contribution in [0, 0.1) is 5.92 Å². The van der Waals surface area contributed by atoms with Crippen LogP contribution < -0.4 is 10.6 Å². The molecule has 0 radical (unpaired) electrons. The van der Waals surface area contributed by atoms with Crippen molar-refractivity contribution in [3.63, 3.8) is 0 Å². The van der Waals surface area contributed by atoms with Crippen molar-refractivity contribution in [1.82, 2.24) is 0 Å². The van der Waals surface area contributed by atoms with Crippen molar-refractivity contribution < 1.29 is 0 Å². The fraction of sp³-hybridized carbons (Fsp3) is 0.647. The Morgan fingerprint density at radius 2 is 1.53 bits per heavy atom. The molecule has 0 aromatic heterocycles. The lowest BCUT2D eigenvalue weighted by molar-refractivity contribution is 0.486. The largest absolute Gasteiger partial charge is 0.372 e. The number of nitrogens with zero attached hydrogens (tertiary/aromatic N) is 1. The predicted molar refractivity (Wildman–Crippen MR) is 85.6 cm³/mol. The summed E-state index contributed by atoms with van der Waals surface area (Å²) in [5.74, 6) is 0.789. The van der Waals surface area contributed by atoms with Crippen LogP contribution in [0.1, 0.15) is 58.6 Å². The highest BCUT2D eigenvalue weighted by atomic mass is 15.1. The molecule has 0 unspecified atom stereocenters. The number of hydrogen-bond acceptors (Lipinski definition) is 2. The first-order valence-corrected chi connectivity index (χ1v) is 7.76. The number of nitrogens with two attached hydrogens (primary N) is 1. The van der Waals surface area contributed by atoms with E-state index in [0.717, 1.165) is 25.4 Å². The van der Waals surface area contributed by atoms with Gasteiger partial charge in [-0.1, -0.05) is 45.7 Å². The first kappa shape index (κ1) is 16.0. The third-order valence-corrected chi connectivity index (χ3v) is 4.14. The van der Waals surface area contributed by atoms with Gasteiger partial charge in [-0.25, -0.2) is 0 Å². The van der Waals surface area contributed by atoms with Gasteiger partial charge in [0.1, 0.15) is 0 Å². The summed E-state index contributed by atoms with van der Waals surface area (Å²) in [7, 11) is 0. The molecule has 0 spiro atoms. The predicted octanol–water partition coefficient (Wildman–Crippen LogP) is 4.36. The average molecular weight is 262 g/mol. The Morgan fingerprint density at radius 1 is 0.947 bits per heavy atom. The van der Waals surface area contributed by atoms with Crippen LogP contribution >= 0.6 is 0 Å². The van der Waals surface area contributed by atoms with Crippen LogP contribution in [0.25, 0.3) is 0 Å². The molecule has 19 heavy (non-hydrogen) atoms. The number of rotatable bonds is 8. The van der Waals surface area contributed by atoms with Crippen molar-refractivity contribution in [1.29, 1.82) is 0 Å². The Balaban J connectivity index is 2.76. The van der Waals surface area contributed by atoms with Crippen LogP contribution in [-0.2, 0) is 0 Å². The molecule has 0 aliphatic rings. The Hall–Kier alpha value is -1.02. The number of hydrogen-bond donors (Lipinski definition) is 1. The molecule has 0 aliphatic heterocycles. The van der Waals surface area contributed by atoms with Gasteiger partial charge in [0.2, 0.25) is 0 Å². The molecule has 2 heteroatoms. The highest BCUT2D eigenvalue weighted by Gasteiger charge is 2.11. The lowest BCUT2D eigenvalue weighted by Gasteiger charge is -2.27. The highest BCUT2D eigenvalue weighted by molar-refractivity contribution is 5.48. The number of anilines is 1. The maximum atomic E-state index is 6.06. The lowest BCUT2D eigenvalue weighted by Crippen LogP contribution is -2.28. The van der Waals surface area contributed by atoms with E-state index in [1.807, 2.05) is 0 Å². The topological polar surface area (TPSA) is 29.3 Å². The molecule has 108 valence electrons. The van der Waals surface area contributed by atoms with Crippen molar-refractivity contribution in [3.05, 3.63) is 29.8 Å². The maximum absolute atomic E-state index is 6.06. The minimum atomic E-state index is 0.170. The fourth-order valence-corrected chi connectivity index (χ4v) is 2.44. The number of benzene rings is 1. The molecule has 0 bridgehead atoms. The normalized spacial score (nSPS) is 12.7. The Bertz CT molecular complexity index is 341. The van der Waals surface area contributed by atoms with E-state index in [0.29, 0.717) is 0 Å². The first-order chi connectivity index (χ1) is 9.15. The van der Waals surface area contributed by atoms with Crippen molar-refractivity contribution in [2.45, 2.75) is 53.0 Å². The zero-order valence-electron chi connectivity index (χ0n) is 13.0. The van der Waals surface area contributed by atoms with Crippen LogP contribution in [0.3, 0.4) is 0 Å². The van der Waals surface area contributed by atoms with E-state index in [2.05, 4.69) is 56.9 Å². The van der Waals surface area contributed by atoms with Gasteiger partial charge < -0.3 is 10.6 Å². The van der Waals surface area contributed by atoms with Crippen LogP contribution in [-0.4, -0.2) is 13.1 Å². The summed E-state index contributed by atoms with van der Waals surface area (Å²) in [4.78, 5) is 2.47. The molecule has 0 heterocycles. The second-order valence-electron chi connectivity index (χ2n) is 5.33. The van der Waals surface area contributed by atoms with Crippen LogP contribution in [0.2, 0.25) is 0 Å². The molecule has 1 atom stereocenters. The van der Waals surface area contributed by atoms with E-state index in [4.69, 9.17) is 5.73 Å². The van der Waals surface area contributed by atoms with Gasteiger partial charge in [-0.2, -0.15) is 0 Å². The van der Waals surface area contributed by atoms with Crippen LogP contribution in [0.5, 0.6) is 0 Å². The molecule has 0 fully saturated rings. The summed E-state index contributed by atoms with van der Waals surface area (Å²) in [6, 6.07) is 8.97. The lowest BCUT2D eigenvalue weighted by atomic mass is 10.0. The summed E-state index contributed by atoms with van der Waals surface area (Å²) < 4.78 is 0. The molecule has 0 amide bonds. The second-order valence-corrected chi connectivity index (χ2v) is 5.33. The Morgan fingerprint density at radius 3 is 1.95 bits per heavy atom. The van der Waals surface area contributed by atoms with E-state index in [1.165, 1.54) is 24.1 Å². The highest BCUT2D eigenvalue weighted by Crippen LogP contribution is 2.21. The van der Waals surface area contributed by atoms with Crippen molar-refractivity contribution in [2.24, 2.45) is 11.7 Å². The zero-order valence-corrected chi connectivity index (χ0v) is 13.0. The Labute approximate surface area is 119 Å². The van der Waals surface area contributed by atoms with Crippen molar-refractivity contribution >= 4 is 5.69 Å². The summed E-state index contributed by atoms with van der Waals surface area (Å²) in [5.41, 5.74) is 8.62. The first-order valence-electron chi connectivity index (χ1n) is 7.76. The van der Waals surface area contributed by atoms with Gasteiger partial charge in [0.05, 0.1) is 0 Å². The third-order valence-electron chi connectivity index (χ3n) is 4.14. The molecular weight excluding hydrogens is 232 g/mol. The second kappa shape index (κ2) is 8.21. The summed E-state index contributed by atoms with van der Waals surface area (Å²) >= 11 is 0. The van der Waals surface area contributed by atoms with Gasteiger partial charge in [0.15, 0.2) is 0 Å². The van der Waals surface area contributed by atoms with Crippen molar-refractivity contribution in [2.75, 3.05) is 18.0 Å². The van der Waals surface area contributed by atoms with Crippen LogP contribution in [0.4, 0.5) is 5.69 Å². The van der Waals surface area contributed by atoms with Crippen LogP contribution in [0.15, 0.2) is 24.3 Å². The third kappa shape index (κ3) is 4.54. The molecule has 0 saturated heterocycles. The molecule has 1 rings (SSSR count). The molecule has 2 N–H and O–H groups in total. The van der Waals surface area contributed by atoms with Gasteiger partial charge in [0.25, 0.3) is 0 Å². The van der Waals surface area contributed by atoms with E-state index in [9.17, 15) is 0 Å². The molecule has 2 nitrogen and oxygen atoms in total. The minimum absolute atomic E-state index is 0.170. The maximum Gasteiger partial charge on any atom is 0.0366 e. The summed E-state index contributed by atoms with van der Waals surface area (Å²) in [5, 5.41) is 0. The molecule has 1 aromatic rings. The molecule has 0 aliphatic carbocycles. The molecule has 1 aromatic carbocycles. The van der Waals surface area contributed by atoms with E-state index < -0.39 is 0 Å². The van der Waals surface area contributed by atoms with Gasteiger partial charge in [-0.05, 0) is 37.0 Å². The summed E-state index contributed by atoms with van der Waals surface area (Å²) in [6.07, 6.45) is 3.50. The zero-order chi connectivity index (χ0) is 14.3. The van der Waals surface area contributed by atoms with Gasteiger partial charge >= 0.3 is 0 Å². The quantitative estimate of drug-likeness (QED) is 0.754. The fourth-order valence-electron chi connectivity index (χ4n) is 2.44. The van der Waals surface area contributed by atoms with Gasteiger partial charge in [-0.3, -0.25) is 0 Å². The smallest absolute Gasteiger partial charge is 0.0366 e. The van der Waals surface area contributed by atoms with Gasteiger partial charge in [-0.15, -0.1) is 0 Å².